The minimum absolute atomic E-state index is 0.0408. The Balaban J connectivity index is 1.43. The third-order valence-electron chi connectivity index (χ3n) is 5.50. The second-order valence-electron chi connectivity index (χ2n) is 8.85. The number of aromatic nitrogens is 4. The molecular formula is C24H29N7. The molecule has 0 amide bonds. The van der Waals surface area contributed by atoms with Crippen molar-refractivity contribution in [3.63, 3.8) is 0 Å². The largest absolute Gasteiger partial charge is 0.382 e. The summed E-state index contributed by atoms with van der Waals surface area (Å²) in [5.41, 5.74) is 11.1. The number of nitrogens with zero attached hydrogens (tertiary/aromatic N) is 4. The van der Waals surface area contributed by atoms with Gasteiger partial charge in [-0.25, -0.2) is 0 Å². The molecule has 0 fully saturated rings. The van der Waals surface area contributed by atoms with E-state index in [4.69, 9.17) is 5.73 Å². The quantitative estimate of drug-likeness (QED) is 0.421. The number of hydrogen-bond acceptors (Lipinski definition) is 6. The highest BCUT2D eigenvalue weighted by molar-refractivity contribution is 5.91. The number of aromatic amines is 1. The molecule has 2 aromatic carbocycles. The van der Waals surface area contributed by atoms with Gasteiger partial charge in [-0.05, 0) is 49.5 Å². The van der Waals surface area contributed by atoms with Crippen molar-refractivity contribution in [2.75, 3.05) is 31.7 Å². The van der Waals surface area contributed by atoms with E-state index in [1.54, 1.807) is 0 Å². The van der Waals surface area contributed by atoms with E-state index in [0.29, 0.717) is 5.82 Å². The van der Waals surface area contributed by atoms with Crippen molar-refractivity contribution in [3.8, 4) is 11.3 Å². The van der Waals surface area contributed by atoms with Crippen LogP contribution in [0.3, 0.4) is 0 Å². The number of nitrogen functional groups attached to an aromatic ring is 1. The van der Waals surface area contributed by atoms with Crippen molar-refractivity contribution < 1.29 is 0 Å². The summed E-state index contributed by atoms with van der Waals surface area (Å²) < 4.78 is 0. The lowest BCUT2D eigenvalue weighted by molar-refractivity contribution is 0.402. The van der Waals surface area contributed by atoms with Crippen LogP contribution in [-0.2, 0) is 12.0 Å². The van der Waals surface area contributed by atoms with Crippen LogP contribution in [-0.4, -0.2) is 45.9 Å². The molecule has 0 bridgehead atoms. The minimum atomic E-state index is -0.0408. The lowest BCUT2D eigenvalue weighted by Gasteiger charge is -2.26. The second-order valence-corrected chi connectivity index (χ2v) is 8.85. The summed E-state index contributed by atoms with van der Waals surface area (Å²) in [7, 11) is 4.17. The maximum atomic E-state index is 5.91. The van der Waals surface area contributed by atoms with Crippen molar-refractivity contribution in [2.45, 2.75) is 25.8 Å². The Morgan fingerprint density at radius 3 is 2.45 bits per heavy atom. The summed E-state index contributed by atoms with van der Waals surface area (Å²) in [5.74, 6) is 1.24. The molecule has 0 unspecified atom stereocenters. The lowest BCUT2D eigenvalue weighted by atomic mass is 9.84. The number of nitrogens with one attached hydrogen (secondary N) is 2. The Hall–Kier alpha value is -3.45. The molecule has 0 saturated carbocycles. The fraction of sp³-hybridized carbons (Fsp3) is 0.292. The van der Waals surface area contributed by atoms with Gasteiger partial charge in [-0.2, -0.15) is 5.10 Å². The number of anilines is 2. The van der Waals surface area contributed by atoms with Crippen LogP contribution in [0.4, 0.5) is 11.6 Å². The van der Waals surface area contributed by atoms with Crippen LogP contribution < -0.4 is 11.1 Å². The molecule has 0 aliphatic carbocycles. The fourth-order valence-corrected chi connectivity index (χ4v) is 3.61. The monoisotopic (exact) mass is 415 g/mol. The zero-order chi connectivity index (χ0) is 22.0. The van der Waals surface area contributed by atoms with Crippen molar-refractivity contribution in [1.82, 2.24) is 25.3 Å². The minimum Gasteiger partial charge on any atom is -0.382 e. The number of benzene rings is 2. The Labute approximate surface area is 182 Å². The van der Waals surface area contributed by atoms with E-state index in [9.17, 15) is 0 Å². The first kappa shape index (κ1) is 20.8. The lowest BCUT2D eigenvalue weighted by Crippen LogP contribution is -2.28. The van der Waals surface area contributed by atoms with Gasteiger partial charge in [0, 0.05) is 29.5 Å². The number of fused-ring (bicyclic) bond motifs is 1. The Bertz CT molecular complexity index is 1160. The average molecular weight is 416 g/mol. The molecule has 7 heteroatoms. The zero-order valence-corrected chi connectivity index (χ0v) is 18.5. The van der Waals surface area contributed by atoms with Crippen LogP contribution >= 0.6 is 0 Å². The van der Waals surface area contributed by atoms with Crippen LogP contribution in [0.5, 0.6) is 0 Å². The van der Waals surface area contributed by atoms with Crippen molar-refractivity contribution in [3.05, 3.63) is 65.7 Å². The van der Waals surface area contributed by atoms with E-state index in [1.807, 2.05) is 30.3 Å². The molecule has 7 nitrogen and oxygen atoms in total. The Kier molecular flexibility index (Phi) is 5.61. The molecule has 2 aromatic heterocycles. The fourth-order valence-electron chi connectivity index (χ4n) is 3.61. The first-order valence-corrected chi connectivity index (χ1v) is 10.4. The van der Waals surface area contributed by atoms with Crippen LogP contribution in [0.2, 0.25) is 0 Å². The highest BCUT2D eigenvalue weighted by atomic mass is 15.2. The SMILES string of the molecule is CN(C)Cc1ccc(C(C)(C)CNc2ccc(-c3ccc4[nH]nc(N)c4c3)nn2)cc1. The Morgan fingerprint density at radius 1 is 1.00 bits per heavy atom. The summed E-state index contributed by atoms with van der Waals surface area (Å²) in [4.78, 5) is 2.17. The molecule has 0 saturated heterocycles. The van der Waals surface area contributed by atoms with Gasteiger partial charge in [0.15, 0.2) is 5.82 Å². The average Bonchev–Trinajstić information content (AvgIpc) is 3.13. The highest BCUT2D eigenvalue weighted by Gasteiger charge is 2.20. The maximum Gasteiger partial charge on any atom is 0.153 e. The van der Waals surface area contributed by atoms with Gasteiger partial charge < -0.3 is 16.0 Å². The molecule has 0 radical (unpaired) electrons. The van der Waals surface area contributed by atoms with E-state index in [1.165, 1.54) is 11.1 Å². The van der Waals surface area contributed by atoms with Gasteiger partial charge in [0.1, 0.15) is 5.82 Å². The van der Waals surface area contributed by atoms with Gasteiger partial charge in [0.25, 0.3) is 0 Å². The first-order valence-electron chi connectivity index (χ1n) is 10.4. The summed E-state index contributed by atoms with van der Waals surface area (Å²) in [6.45, 7) is 6.16. The van der Waals surface area contributed by atoms with Crippen LogP contribution in [0, 0.1) is 0 Å². The Morgan fingerprint density at radius 2 is 1.77 bits per heavy atom. The summed E-state index contributed by atoms with van der Waals surface area (Å²) in [6, 6.07) is 18.7. The molecule has 0 spiro atoms. The van der Waals surface area contributed by atoms with Crippen LogP contribution in [0.25, 0.3) is 22.2 Å². The zero-order valence-electron chi connectivity index (χ0n) is 18.5. The van der Waals surface area contributed by atoms with E-state index in [-0.39, 0.29) is 5.41 Å². The molecule has 4 rings (SSSR count). The summed E-state index contributed by atoms with van der Waals surface area (Å²) >= 11 is 0. The maximum absolute atomic E-state index is 5.91. The molecule has 0 aliphatic rings. The predicted molar refractivity (Wildman–Crippen MR) is 127 cm³/mol. The number of nitrogens with two attached hydrogens (primary N) is 1. The van der Waals surface area contributed by atoms with Gasteiger partial charge in [0.2, 0.25) is 0 Å². The van der Waals surface area contributed by atoms with Gasteiger partial charge in [-0.15, -0.1) is 10.2 Å². The molecule has 31 heavy (non-hydrogen) atoms. The van der Waals surface area contributed by atoms with Crippen LogP contribution in [0.1, 0.15) is 25.0 Å². The van der Waals surface area contributed by atoms with E-state index >= 15 is 0 Å². The van der Waals surface area contributed by atoms with E-state index < -0.39 is 0 Å². The molecule has 0 atom stereocenters. The van der Waals surface area contributed by atoms with E-state index in [2.05, 4.69) is 82.8 Å². The normalized spacial score (nSPS) is 11.9. The van der Waals surface area contributed by atoms with Gasteiger partial charge in [-0.3, -0.25) is 5.10 Å². The van der Waals surface area contributed by atoms with Gasteiger partial charge >= 0.3 is 0 Å². The van der Waals surface area contributed by atoms with Crippen molar-refractivity contribution in [1.29, 1.82) is 0 Å². The van der Waals surface area contributed by atoms with Crippen LogP contribution in [0.15, 0.2) is 54.6 Å². The first-order chi connectivity index (χ1) is 14.8. The predicted octanol–water partition coefficient (Wildman–Crippen LogP) is 4.05. The number of H-pyrrole nitrogens is 1. The van der Waals surface area contributed by atoms with Gasteiger partial charge in [-0.1, -0.05) is 44.2 Å². The molecule has 160 valence electrons. The number of rotatable bonds is 7. The molecule has 4 N–H and O–H groups in total. The molecule has 2 heterocycles. The topological polar surface area (TPSA) is 95.8 Å². The smallest absolute Gasteiger partial charge is 0.153 e. The van der Waals surface area contributed by atoms with Crippen molar-refractivity contribution >= 4 is 22.5 Å². The standard InChI is InChI=1S/C24H29N7/c1-24(2,18-8-5-16(6-9-18)14-31(3)4)15-26-22-12-11-20(27-29-22)17-7-10-21-19(13-17)23(25)30-28-21/h5-13H,14-15H2,1-4H3,(H,26,29)(H3,25,28,30). The molecule has 4 aromatic rings. The molecule has 0 aliphatic heterocycles. The van der Waals surface area contributed by atoms with E-state index in [0.717, 1.165) is 41.1 Å². The summed E-state index contributed by atoms with van der Waals surface area (Å²) in [6.07, 6.45) is 0. The number of hydrogen-bond donors (Lipinski definition) is 3. The molecular weight excluding hydrogens is 386 g/mol. The second kappa shape index (κ2) is 8.35. The third kappa shape index (κ3) is 4.67. The van der Waals surface area contributed by atoms with Gasteiger partial charge in [0.05, 0.1) is 11.2 Å². The van der Waals surface area contributed by atoms with Crippen molar-refractivity contribution in [2.24, 2.45) is 0 Å². The highest BCUT2D eigenvalue weighted by Crippen LogP contribution is 2.26. The third-order valence-corrected chi connectivity index (χ3v) is 5.50. The summed E-state index contributed by atoms with van der Waals surface area (Å²) in [5, 5.41) is 20.0.